The number of aliphatic hydroxyl groups is 5. The van der Waals surface area contributed by atoms with Crippen LogP contribution in [-0.2, 0) is 4.74 Å². The number of hydrogen-bond acceptors (Lipinski definition) is 8. The van der Waals surface area contributed by atoms with Gasteiger partial charge in [0.25, 0.3) is 5.56 Å². The molecule has 1 aromatic heterocycles. The molecule has 2 heterocycles. The first-order valence-electron chi connectivity index (χ1n) is 6.17. The maximum atomic E-state index is 11.8. The topological polar surface area (TPSA) is 165 Å². The monoisotopic (exact) mass is 304 g/mol. The summed E-state index contributed by atoms with van der Waals surface area (Å²) in [5, 5.41) is 46.9. The highest BCUT2D eigenvalue weighted by atomic mass is 16.6. The maximum Gasteiger partial charge on any atom is 0.330 e. The molecule has 0 unspecified atom stereocenters. The molecule has 0 spiro atoms. The van der Waals surface area contributed by atoms with Gasteiger partial charge in [-0.2, -0.15) is 0 Å². The van der Waals surface area contributed by atoms with Crippen LogP contribution >= 0.6 is 0 Å². The summed E-state index contributed by atoms with van der Waals surface area (Å²) >= 11 is 0. The van der Waals surface area contributed by atoms with Gasteiger partial charge in [0.1, 0.15) is 24.4 Å². The minimum atomic E-state index is -1.52. The summed E-state index contributed by atoms with van der Waals surface area (Å²) in [6.07, 6.45) is -5.93. The fourth-order valence-electron chi connectivity index (χ4n) is 2.14. The van der Waals surface area contributed by atoms with Gasteiger partial charge in [0, 0.05) is 6.20 Å². The summed E-state index contributed by atoms with van der Waals surface area (Å²) in [7, 11) is 0. The molecule has 21 heavy (non-hydrogen) atoms. The Balaban J connectivity index is 2.45. The molecule has 0 saturated carbocycles. The van der Waals surface area contributed by atoms with Gasteiger partial charge < -0.3 is 30.3 Å². The number of aromatic amines is 1. The van der Waals surface area contributed by atoms with Gasteiger partial charge in [-0.1, -0.05) is 0 Å². The first-order valence-corrected chi connectivity index (χ1v) is 6.17. The van der Waals surface area contributed by atoms with Crippen molar-refractivity contribution in [2.24, 2.45) is 0 Å². The molecule has 1 saturated heterocycles. The number of nitrogens with one attached hydrogen (secondary N) is 1. The third-order valence-corrected chi connectivity index (χ3v) is 3.32. The van der Waals surface area contributed by atoms with Gasteiger partial charge >= 0.3 is 5.69 Å². The Bertz CT molecular complexity index is 611. The SMILES string of the molecule is O=c1[nH]c(=O)n([C@@H]2O[C@H](CO)[C@@H](O)[C@H]2O)cc1[C@@H](O)CO. The van der Waals surface area contributed by atoms with Crippen molar-refractivity contribution in [2.45, 2.75) is 30.6 Å². The second-order valence-corrected chi connectivity index (χ2v) is 4.68. The highest BCUT2D eigenvalue weighted by Gasteiger charge is 2.43. The zero-order valence-electron chi connectivity index (χ0n) is 10.8. The standard InChI is InChI=1S/C11H16N2O8/c14-2-5(16)4-1-13(11(20)12-9(4)19)10-8(18)7(17)6(3-15)21-10/h1,5-8,10,14-18H,2-3H2,(H,12,19,20)/t5-,6+,7+,8+,10+/m0/s1. The van der Waals surface area contributed by atoms with Crippen LogP contribution in [0.15, 0.2) is 15.8 Å². The van der Waals surface area contributed by atoms with Crippen molar-refractivity contribution in [1.29, 1.82) is 0 Å². The second kappa shape index (κ2) is 6.05. The number of hydrogen-bond donors (Lipinski definition) is 6. The van der Waals surface area contributed by atoms with Gasteiger partial charge in [-0.25, -0.2) is 4.79 Å². The van der Waals surface area contributed by atoms with Crippen LogP contribution in [-0.4, -0.2) is 66.6 Å². The fraction of sp³-hybridized carbons (Fsp3) is 0.636. The zero-order valence-corrected chi connectivity index (χ0v) is 10.8. The largest absolute Gasteiger partial charge is 0.394 e. The van der Waals surface area contributed by atoms with Crippen LogP contribution in [0.4, 0.5) is 0 Å². The number of H-pyrrole nitrogens is 1. The molecule has 5 atom stereocenters. The van der Waals surface area contributed by atoms with Crippen LogP contribution in [0.5, 0.6) is 0 Å². The van der Waals surface area contributed by atoms with E-state index in [0.29, 0.717) is 0 Å². The highest BCUT2D eigenvalue weighted by molar-refractivity contribution is 5.09. The minimum Gasteiger partial charge on any atom is -0.394 e. The van der Waals surface area contributed by atoms with Crippen LogP contribution in [0, 0.1) is 0 Å². The molecule has 118 valence electrons. The summed E-state index contributed by atoms with van der Waals surface area (Å²) in [5.41, 5.74) is -2.11. The van der Waals surface area contributed by atoms with E-state index in [-0.39, 0.29) is 5.56 Å². The Morgan fingerprint density at radius 1 is 1.29 bits per heavy atom. The Morgan fingerprint density at radius 3 is 2.48 bits per heavy atom. The van der Waals surface area contributed by atoms with Gasteiger partial charge in [0.2, 0.25) is 0 Å². The summed E-state index contributed by atoms with van der Waals surface area (Å²) in [5.74, 6) is 0. The van der Waals surface area contributed by atoms with E-state index in [2.05, 4.69) is 0 Å². The van der Waals surface area contributed by atoms with Crippen molar-refractivity contribution in [3.8, 4) is 0 Å². The molecule has 0 aliphatic carbocycles. The van der Waals surface area contributed by atoms with Crippen molar-refractivity contribution in [3.63, 3.8) is 0 Å². The van der Waals surface area contributed by atoms with E-state index in [1.165, 1.54) is 0 Å². The van der Waals surface area contributed by atoms with E-state index in [4.69, 9.17) is 14.9 Å². The lowest BCUT2D eigenvalue weighted by molar-refractivity contribution is -0.0554. The van der Waals surface area contributed by atoms with E-state index >= 15 is 0 Å². The average Bonchev–Trinajstić information content (AvgIpc) is 2.74. The van der Waals surface area contributed by atoms with Crippen LogP contribution < -0.4 is 11.2 Å². The summed E-state index contributed by atoms with van der Waals surface area (Å²) in [6, 6.07) is 0. The summed E-state index contributed by atoms with van der Waals surface area (Å²) in [6.45, 7) is -1.31. The number of aromatic nitrogens is 2. The van der Waals surface area contributed by atoms with E-state index in [9.17, 15) is 24.9 Å². The first-order chi connectivity index (χ1) is 9.90. The minimum absolute atomic E-state index is 0.296. The van der Waals surface area contributed by atoms with E-state index < -0.39 is 55.1 Å². The Morgan fingerprint density at radius 2 is 1.95 bits per heavy atom. The predicted octanol–water partition coefficient (Wildman–Crippen LogP) is -3.83. The van der Waals surface area contributed by atoms with Crippen molar-refractivity contribution in [1.82, 2.24) is 9.55 Å². The van der Waals surface area contributed by atoms with Gasteiger partial charge in [-0.3, -0.25) is 14.3 Å². The number of nitrogens with zero attached hydrogens (tertiary/aromatic N) is 1. The third-order valence-electron chi connectivity index (χ3n) is 3.32. The molecule has 0 radical (unpaired) electrons. The average molecular weight is 304 g/mol. The highest BCUT2D eigenvalue weighted by Crippen LogP contribution is 2.28. The number of rotatable bonds is 4. The van der Waals surface area contributed by atoms with Crippen LogP contribution in [0.3, 0.4) is 0 Å². The quantitative estimate of drug-likeness (QED) is 0.329. The Kier molecular flexibility index (Phi) is 4.56. The zero-order chi connectivity index (χ0) is 15.7. The lowest BCUT2D eigenvalue weighted by atomic mass is 10.1. The Labute approximate surface area is 117 Å². The van der Waals surface area contributed by atoms with Crippen molar-refractivity contribution < 1.29 is 30.3 Å². The number of aliphatic hydroxyl groups excluding tert-OH is 5. The van der Waals surface area contributed by atoms with Crippen molar-refractivity contribution >= 4 is 0 Å². The van der Waals surface area contributed by atoms with Gasteiger partial charge in [0.05, 0.1) is 18.8 Å². The first kappa shape index (κ1) is 15.8. The molecule has 10 heteroatoms. The van der Waals surface area contributed by atoms with Crippen LogP contribution in [0.25, 0.3) is 0 Å². The molecule has 1 aliphatic rings. The molecule has 1 fully saturated rings. The molecule has 0 aromatic carbocycles. The smallest absolute Gasteiger partial charge is 0.330 e. The normalized spacial score (nSPS) is 30.5. The van der Waals surface area contributed by atoms with Gasteiger partial charge in [0.15, 0.2) is 6.23 Å². The maximum absolute atomic E-state index is 11.8. The number of ether oxygens (including phenoxy) is 1. The van der Waals surface area contributed by atoms with Gasteiger partial charge in [-0.05, 0) is 0 Å². The molecule has 1 aromatic rings. The summed E-state index contributed by atoms with van der Waals surface area (Å²) in [4.78, 5) is 25.2. The molecule has 2 rings (SSSR count). The van der Waals surface area contributed by atoms with Crippen molar-refractivity contribution in [3.05, 3.63) is 32.6 Å². The molecule has 10 nitrogen and oxygen atoms in total. The van der Waals surface area contributed by atoms with E-state index in [1.54, 1.807) is 0 Å². The molecule has 6 N–H and O–H groups in total. The summed E-state index contributed by atoms with van der Waals surface area (Å²) < 4.78 is 5.93. The third kappa shape index (κ3) is 2.77. The predicted molar refractivity (Wildman–Crippen MR) is 66.4 cm³/mol. The second-order valence-electron chi connectivity index (χ2n) is 4.68. The van der Waals surface area contributed by atoms with Gasteiger partial charge in [-0.15, -0.1) is 0 Å². The lowest BCUT2D eigenvalue weighted by Gasteiger charge is -2.18. The van der Waals surface area contributed by atoms with E-state index in [0.717, 1.165) is 10.8 Å². The lowest BCUT2D eigenvalue weighted by Crippen LogP contribution is -2.39. The van der Waals surface area contributed by atoms with E-state index in [1.807, 2.05) is 4.98 Å². The molecule has 0 bridgehead atoms. The molecular weight excluding hydrogens is 288 g/mol. The molecule has 1 aliphatic heterocycles. The molecule has 0 amide bonds. The molecular formula is C11H16N2O8. The fourth-order valence-corrected chi connectivity index (χ4v) is 2.14. The Hall–Kier alpha value is -1.56. The van der Waals surface area contributed by atoms with Crippen molar-refractivity contribution in [2.75, 3.05) is 13.2 Å². The van der Waals surface area contributed by atoms with Crippen LogP contribution in [0.2, 0.25) is 0 Å². The van der Waals surface area contributed by atoms with Crippen LogP contribution in [0.1, 0.15) is 17.9 Å².